The van der Waals surface area contributed by atoms with Crippen LogP contribution in [0.4, 0.5) is 0 Å². The monoisotopic (exact) mass is 228 g/mol. The Balaban J connectivity index is 0.00000106. The summed E-state index contributed by atoms with van der Waals surface area (Å²) in [4.78, 5) is 0. The Morgan fingerprint density at radius 1 is 1.12 bits per heavy atom. The van der Waals surface area contributed by atoms with Crippen molar-refractivity contribution in [2.75, 3.05) is 0 Å². The van der Waals surface area contributed by atoms with Crippen LogP contribution in [0.5, 0.6) is 0 Å². The second-order valence-electron chi connectivity index (χ2n) is 5.69. The van der Waals surface area contributed by atoms with E-state index in [1.165, 1.54) is 32.1 Å². The van der Waals surface area contributed by atoms with E-state index < -0.39 is 0 Å². The Kier molecular flexibility index (Phi) is 7.30. The fourth-order valence-electron chi connectivity index (χ4n) is 2.67. The molecule has 0 saturated heterocycles. The van der Waals surface area contributed by atoms with Crippen LogP contribution in [0.3, 0.4) is 0 Å². The first kappa shape index (κ1) is 16.0. The molecule has 0 aromatic rings. The van der Waals surface area contributed by atoms with Crippen LogP contribution in [0.15, 0.2) is 0 Å². The number of aliphatic hydroxyl groups excluding tert-OH is 1. The minimum Gasteiger partial charge on any atom is -0.393 e. The fourth-order valence-corrected chi connectivity index (χ4v) is 2.67. The van der Waals surface area contributed by atoms with Crippen molar-refractivity contribution < 1.29 is 5.11 Å². The molecular weight excluding hydrogens is 196 g/mol. The van der Waals surface area contributed by atoms with E-state index in [-0.39, 0.29) is 6.10 Å². The number of hydrogen-bond acceptors (Lipinski definition) is 1. The van der Waals surface area contributed by atoms with Gasteiger partial charge >= 0.3 is 0 Å². The topological polar surface area (TPSA) is 20.2 Å². The first-order chi connectivity index (χ1) is 7.47. The maximum Gasteiger partial charge on any atom is 0.0540 e. The van der Waals surface area contributed by atoms with Gasteiger partial charge in [0.15, 0.2) is 0 Å². The lowest BCUT2D eigenvalue weighted by Gasteiger charge is -2.39. The minimum atomic E-state index is -0.0966. The third-order valence-electron chi connectivity index (χ3n) is 4.47. The molecule has 0 heterocycles. The zero-order valence-corrected chi connectivity index (χ0v) is 12.2. The fraction of sp³-hybridized carbons (Fsp3) is 1.00. The van der Waals surface area contributed by atoms with Crippen molar-refractivity contribution in [3.05, 3.63) is 0 Å². The average Bonchev–Trinajstić information content (AvgIpc) is 2.32. The lowest BCUT2D eigenvalue weighted by molar-refractivity contribution is 0.0583. The van der Waals surface area contributed by atoms with E-state index in [2.05, 4.69) is 20.8 Å². The lowest BCUT2D eigenvalue weighted by Crippen LogP contribution is -2.30. The number of aliphatic hydroxyl groups is 1. The van der Waals surface area contributed by atoms with Gasteiger partial charge in [0.1, 0.15) is 0 Å². The molecule has 16 heavy (non-hydrogen) atoms. The van der Waals surface area contributed by atoms with Gasteiger partial charge in [-0.15, -0.1) is 0 Å². The van der Waals surface area contributed by atoms with Crippen molar-refractivity contribution in [3.8, 4) is 0 Å². The van der Waals surface area contributed by atoms with E-state index in [0.29, 0.717) is 11.3 Å². The van der Waals surface area contributed by atoms with Crippen LogP contribution in [0.25, 0.3) is 0 Å². The van der Waals surface area contributed by atoms with Gasteiger partial charge in [0.05, 0.1) is 6.10 Å². The molecule has 0 spiro atoms. The molecule has 0 amide bonds. The van der Waals surface area contributed by atoms with Crippen molar-refractivity contribution in [2.24, 2.45) is 17.3 Å². The smallest absolute Gasteiger partial charge is 0.0540 e. The molecule has 0 aromatic heterocycles. The molecule has 1 saturated carbocycles. The molecule has 1 nitrogen and oxygen atoms in total. The second kappa shape index (κ2) is 7.32. The van der Waals surface area contributed by atoms with E-state index in [1.54, 1.807) is 0 Å². The lowest BCUT2D eigenvalue weighted by atomic mass is 9.67. The molecule has 1 atom stereocenters. The van der Waals surface area contributed by atoms with E-state index in [9.17, 15) is 5.11 Å². The predicted octanol–water partition coefficient (Wildman–Crippen LogP) is 4.64. The summed E-state index contributed by atoms with van der Waals surface area (Å²) in [6.45, 7) is 13.0. The summed E-state index contributed by atoms with van der Waals surface area (Å²) in [7, 11) is 0. The summed E-state index contributed by atoms with van der Waals surface area (Å²) in [5, 5.41) is 9.52. The van der Waals surface area contributed by atoms with Gasteiger partial charge in [0.2, 0.25) is 0 Å². The molecule has 1 fully saturated rings. The third-order valence-corrected chi connectivity index (χ3v) is 4.47. The van der Waals surface area contributed by atoms with Crippen LogP contribution in [-0.2, 0) is 0 Å². The Morgan fingerprint density at radius 3 is 1.88 bits per heavy atom. The van der Waals surface area contributed by atoms with Crippen molar-refractivity contribution in [1.82, 2.24) is 0 Å². The van der Waals surface area contributed by atoms with Crippen LogP contribution in [0.1, 0.15) is 73.6 Å². The molecule has 0 radical (unpaired) electrons. The minimum absolute atomic E-state index is 0.0966. The molecule has 1 unspecified atom stereocenters. The van der Waals surface area contributed by atoms with Crippen molar-refractivity contribution in [2.45, 2.75) is 79.8 Å². The standard InChI is InChI=1S/C13H26O.C2H6/c1-5-13(3,4)12-8-6-11(7-9-12)10(2)14;1-2/h10-12,14H,5-9H2,1-4H3;1-2H3. The molecule has 0 aliphatic heterocycles. The highest BCUT2D eigenvalue weighted by molar-refractivity contribution is 4.83. The zero-order valence-electron chi connectivity index (χ0n) is 12.2. The largest absolute Gasteiger partial charge is 0.393 e. The first-order valence-electron chi connectivity index (χ1n) is 7.15. The quantitative estimate of drug-likeness (QED) is 0.746. The van der Waals surface area contributed by atoms with Gasteiger partial charge in [-0.05, 0) is 49.9 Å². The van der Waals surface area contributed by atoms with Crippen molar-refractivity contribution >= 4 is 0 Å². The van der Waals surface area contributed by atoms with Crippen molar-refractivity contribution in [3.63, 3.8) is 0 Å². The number of hydrogen-bond donors (Lipinski definition) is 1. The predicted molar refractivity (Wildman–Crippen MR) is 72.5 cm³/mol. The highest BCUT2D eigenvalue weighted by atomic mass is 16.3. The maximum absolute atomic E-state index is 9.52. The Morgan fingerprint density at radius 2 is 1.56 bits per heavy atom. The van der Waals surface area contributed by atoms with Gasteiger partial charge in [-0.1, -0.05) is 41.0 Å². The summed E-state index contributed by atoms with van der Waals surface area (Å²) in [6.07, 6.45) is 6.27. The van der Waals surface area contributed by atoms with E-state index in [1.807, 2.05) is 20.8 Å². The van der Waals surface area contributed by atoms with E-state index in [0.717, 1.165) is 5.92 Å². The van der Waals surface area contributed by atoms with Gasteiger partial charge in [0.25, 0.3) is 0 Å². The average molecular weight is 228 g/mol. The molecule has 1 heteroatoms. The van der Waals surface area contributed by atoms with Gasteiger partial charge in [0, 0.05) is 0 Å². The second-order valence-corrected chi connectivity index (χ2v) is 5.69. The summed E-state index contributed by atoms with van der Waals surface area (Å²) in [5.41, 5.74) is 0.504. The van der Waals surface area contributed by atoms with Crippen LogP contribution in [0, 0.1) is 17.3 Å². The molecule has 1 aliphatic carbocycles. The van der Waals surface area contributed by atoms with E-state index >= 15 is 0 Å². The Bertz CT molecular complexity index is 164. The summed E-state index contributed by atoms with van der Waals surface area (Å²) >= 11 is 0. The summed E-state index contributed by atoms with van der Waals surface area (Å²) in [6, 6.07) is 0. The molecular formula is C15H32O. The molecule has 98 valence electrons. The van der Waals surface area contributed by atoms with Gasteiger partial charge < -0.3 is 5.11 Å². The summed E-state index contributed by atoms with van der Waals surface area (Å²) in [5.74, 6) is 1.45. The Labute approximate surface area is 103 Å². The van der Waals surface area contributed by atoms with Crippen LogP contribution < -0.4 is 0 Å². The Hall–Kier alpha value is -0.0400. The third kappa shape index (κ3) is 4.45. The van der Waals surface area contributed by atoms with Crippen LogP contribution in [0.2, 0.25) is 0 Å². The highest BCUT2D eigenvalue weighted by Crippen LogP contribution is 2.42. The molecule has 0 aromatic carbocycles. The maximum atomic E-state index is 9.52. The van der Waals surface area contributed by atoms with E-state index in [4.69, 9.17) is 0 Å². The van der Waals surface area contributed by atoms with Crippen molar-refractivity contribution in [1.29, 1.82) is 0 Å². The zero-order chi connectivity index (χ0) is 12.8. The molecule has 1 aliphatic rings. The van der Waals surface area contributed by atoms with Gasteiger partial charge in [-0.25, -0.2) is 0 Å². The van der Waals surface area contributed by atoms with Gasteiger partial charge in [-0.3, -0.25) is 0 Å². The number of rotatable bonds is 3. The highest BCUT2D eigenvalue weighted by Gasteiger charge is 2.32. The molecule has 0 bridgehead atoms. The molecule has 1 N–H and O–H groups in total. The SMILES string of the molecule is CC.CCC(C)(C)C1CCC(C(C)O)CC1. The summed E-state index contributed by atoms with van der Waals surface area (Å²) < 4.78 is 0. The van der Waals surface area contributed by atoms with Crippen LogP contribution in [-0.4, -0.2) is 11.2 Å². The normalized spacial score (nSPS) is 27.9. The van der Waals surface area contributed by atoms with Gasteiger partial charge in [-0.2, -0.15) is 0 Å². The van der Waals surface area contributed by atoms with Crippen LogP contribution >= 0.6 is 0 Å². The molecule has 1 rings (SSSR count). The first-order valence-corrected chi connectivity index (χ1v) is 7.15.